The van der Waals surface area contributed by atoms with Gasteiger partial charge in [0, 0.05) is 0 Å². The average Bonchev–Trinajstić information content (AvgIpc) is 3.60. The van der Waals surface area contributed by atoms with Crippen LogP contribution in [0, 0.1) is 27.7 Å². The van der Waals surface area contributed by atoms with Crippen molar-refractivity contribution in [3.63, 3.8) is 0 Å². The molecule has 0 fully saturated rings. The first-order chi connectivity index (χ1) is 21.3. The van der Waals surface area contributed by atoms with Gasteiger partial charge in [0.15, 0.2) is 0 Å². The second-order valence-electron chi connectivity index (χ2n) is 11.4. The quantitative estimate of drug-likeness (QED) is 0.178. The fourth-order valence-corrected chi connectivity index (χ4v) is 12.8. The molecule has 0 spiro atoms. The molecule has 4 heteroatoms. The van der Waals surface area contributed by atoms with Gasteiger partial charge in [0.2, 0.25) is 0 Å². The van der Waals surface area contributed by atoms with Crippen LogP contribution in [0.3, 0.4) is 0 Å². The third-order valence-electron chi connectivity index (χ3n) is 8.12. The predicted octanol–water partition coefficient (Wildman–Crippen LogP) is 3.85. The van der Waals surface area contributed by atoms with Crippen LogP contribution in [0.2, 0.25) is 0 Å². The molecular weight excluding hydrogens is 739 g/mol. The standard InChI is InChI=1S/2C15H17.C12H10Ge.2ClH.Zr/c2*1-4-13-6-5-7-14(10-13)15-11(2)8-9-12(15)3;1-3-7-11(8-4-1)13-12-9-5-2-6-10-12;;;/h2*5-10H,4H2,1-3H3;1-10H;2*1H;/q2*-1;;;;+2/p-2. The van der Waals surface area contributed by atoms with Gasteiger partial charge in [0.05, 0.1) is 0 Å². The molecule has 0 heterocycles. The van der Waals surface area contributed by atoms with Crippen molar-refractivity contribution in [2.45, 2.75) is 54.4 Å². The Morgan fingerprint density at radius 3 is 1.09 bits per heavy atom. The average molecular weight is 784 g/mol. The molecule has 0 aliphatic heterocycles. The first kappa shape index (κ1) is 39.8. The van der Waals surface area contributed by atoms with E-state index in [1.54, 1.807) is 30.4 Å². The molecule has 0 atom stereocenters. The Hall–Kier alpha value is -2.41. The van der Waals surface area contributed by atoms with Crippen LogP contribution in [0.5, 0.6) is 0 Å². The molecule has 46 heavy (non-hydrogen) atoms. The maximum atomic E-state index is 2.30. The van der Waals surface area contributed by atoms with Crippen molar-refractivity contribution in [3.8, 4) is 22.3 Å². The summed E-state index contributed by atoms with van der Waals surface area (Å²) in [5.74, 6) is 0. The number of aryl methyl sites for hydroxylation is 6. The van der Waals surface area contributed by atoms with Crippen molar-refractivity contribution in [3.05, 3.63) is 167 Å². The van der Waals surface area contributed by atoms with Gasteiger partial charge >= 0.3 is 101 Å². The van der Waals surface area contributed by atoms with E-state index >= 15 is 0 Å². The van der Waals surface area contributed by atoms with Crippen LogP contribution in [0.15, 0.2) is 133 Å². The summed E-state index contributed by atoms with van der Waals surface area (Å²) in [7, 11) is -1.11. The summed E-state index contributed by atoms with van der Waals surface area (Å²) in [6, 6.07) is 48.4. The minimum absolute atomic E-state index is 0. The number of rotatable bonds is 6. The Balaban J connectivity index is 0.000000235. The van der Waals surface area contributed by atoms with E-state index in [1.807, 2.05) is 0 Å². The molecule has 0 unspecified atom stereocenters. The maximum absolute atomic E-state index is 2.30. The molecule has 6 aromatic rings. The summed E-state index contributed by atoms with van der Waals surface area (Å²) in [6.07, 6.45) is 2.21. The number of halogens is 2. The molecule has 0 saturated heterocycles. The molecule has 236 valence electrons. The van der Waals surface area contributed by atoms with Crippen LogP contribution in [-0.2, 0) is 34.4 Å². The molecule has 0 N–H and O–H groups in total. The first-order valence-corrected chi connectivity index (χ1v) is 25.2. The molecule has 6 rings (SSSR count). The van der Waals surface area contributed by atoms with Crippen LogP contribution in [0.1, 0.15) is 47.2 Å². The van der Waals surface area contributed by atoms with Gasteiger partial charge in [0.25, 0.3) is 0 Å². The minimum atomic E-state index is -1.11. The third kappa shape index (κ3) is 10.8. The van der Waals surface area contributed by atoms with E-state index in [0.29, 0.717) is 0 Å². The van der Waals surface area contributed by atoms with Crippen LogP contribution in [-0.4, -0.2) is 9.98 Å². The van der Waals surface area contributed by atoms with E-state index < -0.39 is 9.98 Å². The molecule has 6 aromatic carbocycles. The Bertz CT molecular complexity index is 1610. The van der Waals surface area contributed by atoms with Gasteiger partial charge in [-0.05, 0) is 12.8 Å². The van der Waals surface area contributed by atoms with Gasteiger partial charge < -0.3 is 24.8 Å². The van der Waals surface area contributed by atoms with Crippen LogP contribution in [0.4, 0.5) is 0 Å². The van der Waals surface area contributed by atoms with E-state index in [-0.39, 0.29) is 24.8 Å². The van der Waals surface area contributed by atoms with Gasteiger partial charge in [-0.1, -0.05) is 88.1 Å². The van der Waals surface area contributed by atoms with Crippen molar-refractivity contribution in [1.29, 1.82) is 0 Å². The molecule has 0 aliphatic rings. The second-order valence-corrected chi connectivity index (χ2v) is 21.7. The normalized spacial score (nSPS) is 9.91. The second kappa shape index (κ2) is 20.1. The SMILES string of the molecule is CCc1cccc(-[c-]2c(C)ccc2C)c1.CCc1cccc(-[c-]2c(C)ccc2C)c1.[Cl-].[Cl-].[Zr+2]=[Ge]([c]1ccccc1)[c]1ccccc1. The zero-order valence-corrected chi connectivity index (χ0v) is 33.9. The molecule has 0 nitrogen and oxygen atoms in total. The van der Waals surface area contributed by atoms with Crippen LogP contribution >= 0.6 is 0 Å². The monoisotopic (exact) mass is 782 g/mol. The van der Waals surface area contributed by atoms with Crippen LogP contribution in [0.25, 0.3) is 22.3 Å². The van der Waals surface area contributed by atoms with Crippen molar-refractivity contribution < 1.29 is 46.4 Å². The van der Waals surface area contributed by atoms with Gasteiger partial charge in [-0.2, -0.15) is 0 Å². The first-order valence-electron chi connectivity index (χ1n) is 15.7. The van der Waals surface area contributed by atoms with Gasteiger partial charge in [-0.15, -0.1) is 81.9 Å². The molecule has 0 aromatic heterocycles. The Kier molecular flexibility index (Phi) is 17.3. The fraction of sp³-hybridized carbons (Fsp3) is 0.190. The van der Waals surface area contributed by atoms with Gasteiger partial charge in [-0.3, -0.25) is 0 Å². The Labute approximate surface area is 306 Å². The summed E-state index contributed by atoms with van der Waals surface area (Å²) in [4.78, 5) is 0. The predicted molar refractivity (Wildman–Crippen MR) is 191 cm³/mol. The van der Waals surface area contributed by atoms with E-state index in [4.69, 9.17) is 0 Å². The summed E-state index contributed by atoms with van der Waals surface area (Å²) < 4.78 is 3.16. The molecular formula is C42H44Cl2GeZr-2. The van der Waals surface area contributed by atoms with E-state index in [0.717, 1.165) is 12.8 Å². The zero-order chi connectivity index (χ0) is 31.5. The molecule has 0 bridgehead atoms. The number of benzene rings is 4. The van der Waals surface area contributed by atoms with Crippen molar-refractivity contribution in [2.75, 3.05) is 0 Å². The van der Waals surface area contributed by atoms with Crippen molar-refractivity contribution in [2.24, 2.45) is 0 Å². The van der Waals surface area contributed by atoms with Gasteiger partial charge in [0.1, 0.15) is 0 Å². The van der Waals surface area contributed by atoms with Crippen molar-refractivity contribution in [1.82, 2.24) is 0 Å². The Morgan fingerprint density at radius 2 is 0.783 bits per heavy atom. The zero-order valence-electron chi connectivity index (χ0n) is 27.9. The molecule has 0 aliphatic carbocycles. The molecule has 0 radical (unpaired) electrons. The topological polar surface area (TPSA) is 0 Å². The summed E-state index contributed by atoms with van der Waals surface area (Å²) in [6.45, 7) is 13.1. The summed E-state index contributed by atoms with van der Waals surface area (Å²) in [5, 5.41) is 0. The molecule has 0 amide bonds. The van der Waals surface area contributed by atoms with E-state index in [1.165, 1.54) is 55.6 Å². The van der Waals surface area contributed by atoms with Crippen LogP contribution < -0.4 is 33.6 Å². The number of hydrogen-bond acceptors (Lipinski definition) is 0. The van der Waals surface area contributed by atoms with E-state index in [9.17, 15) is 0 Å². The van der Waals surface area contributed by atoms with Crippen molar-refractivity contribution >= 4 is 18.8 Å². The third-order valence-corrected chi connectivity index (χ3v) is 19.3. The number of hydrogen-bond donors (Lipinski definition) is 0. The summed E-state index contributed by atoms with van der Waals surface area (Å²) >= 11 is 1.71. The molecule has 0 saturated carbocycles. The summed E-state index contributed by atoms with van der Waals surface area (Å²) in [5.41, 5.74) is 13.8. The van der Waals surface area contributed by atoms with E-state index in [2.05, 4.69) is 175 Å². The van der Waals surface area contributed by atoms with Gasteiger partial charge in [-0.25, -0.2) is 0 Å². The Morgan fingerprint density at radius 1 is 0.457 bits per heavy atom. The fourth-order valence-electron chi connectivity index (χ4n) is 5.64.